The van der Waals surface area contributed by atoms with Gasteiger partial charge >= 0.3 is 0 Å². The quantitative estimate of drug-likeness (QED) is 0.0989. The van der Waals surface area contributed by atoms with E-state index in [4.69, 9.17) is 51.4 Å². The van der Waals surface area contributed by atoms with Crippen molar-refractivity contribution in [2.24, 2.45) is 0 Å². The van der Waals surface area contributed by atoms with Crippen molar-refractivity contribution in [3.63, 3.8) is 0 Å². The number of imidazole rings is 1. The highest BCUT2D eigenvalue weighted by molar-refractivity contribution is 6.55. The van der Waals surface area contributed by atoms with E-state index in [9.17, 15) is 9.59 Å². The number of rotatable bonds is 2. The number of halogens is 4. The van der Waals surface area contributed by atoms with Crippen LogP contribution in [0, 0.1) is 13.8 Å². The fraction of sp³-hybridized carbons (Fsp3) is 0.118. The molecule has 8 heteroatoms. The number of aryl methyl sites for hydroxylation is 2. The third-order valence-corrected chi connectivity index (χ3v) is 12.8. The number of aromatic nitrogens is 2. The van der Waals surface area contributed by atoms with Crippen molar-refractivity contribution in [1.29, 1.82) is 0 Å². The first-order chi connectivity index (χ1) is 28.4. The molecule has 0 saturated heterocycles. The summed E-state index contributed by atoms with van der Waals surface area (Å²) in [5.41, 5.74) is 6.37. The molecule has 0 spiro atoms. The Morgan fingerprint density at radius 1 is 0.576 bits per heavy atom. The number of hydrogen-bond acceptors (Lipinski definition) is 3. The number of hydrogen-bond donors (Lipinski definition) is 0. The predicted molar refractivity (Wildman–Crippen MR) is 256 cm³/mol. The summed E-state index contributed by atoms with van der Waals surface area (Å²) in [4.78, 5) is 32.5. The van der Waals surface area contributed by atoms with Gasteiger partial charge in [0.2, 0.25) is 0 Å². The molecule has 2 aromatic heterocycles. The molecule has 0 aliphatic rings. The number of ketones is 1. The minimum Gasteiger partial charge on any atom is -0.294 e. The Morgan fingerprint density at radius 3 is 1.69 bits per heavy atom. The van der Waals surface area contributed by atoms with Crippen molar-refractivity contribution in [2.75, 3.05) is 0 Å². The molecule has 290 valence electrons. The number of carbonyl (C=O) groups is 1. The summed E-state index contributed by atoms with van der Waals surface area (Å²) in [6.45, 7) is 15.9. The monoisotopic (exact) mass is 848 g/mol. The Balaban J connectivity index is 0.000000273. The van der Waals surface area contributed by atoms with Crippen LogP contribution in [0.25, 0.3) is 97.7 Å². The van der Waals surface area contributed by atoms with Gasteiger partial charge in [-0.05, 0) is 90.9 Å². The van der Waals surface area contributed by atoms with E-state index in [2.05, 4.69) is 56.8 Å². The average molecular weight is 851 g/mol. The van der Waals surface area contributed by atoms with E-state index in [-0.39, 0.29) is 11.3 Å². The van der Waals surface area contributed by atoms with E-state index >= 15 is 0 Å². The maximum absolute atomic E-state index is 14.5. The van der Waals surface area contributed by atoms with Gasteiger partial charge in [-0.15, -0.1) is 0 Å². The third kappa shape index (κ3) is 5.61. The Bertz CT molecular complexity index is 3610. The number of nitrogens with zero attached hydrogens (tertiary/aromatic N) is 2. The molecule has 0 aliphatic heterocycles. The van der Waals surface area contributed by atoms with Gasteiger partial charge in [0, 0.05) is 79.5 Å². The highest BCUT2D eigenvalue weighted by atomic mass is 35.5. The van der Waals surface area contributed by atoms with Crippen molar-refractivity contribution in [1.82, 2.24) is 9.38 Å². The van der Waals surface area contributed by atoms with Gasteiger partial charge in [-0.2, -0.15) is 0 Å². The second-order valence-electron chi connectivity index (χ2n) is 14.9. The molecule has 0 saturated carbocycles. The highest BCUT2D eigenvalue weighted by Crippen LogP contribution is 2.53. The van der Waals surface area contributed by atoms with Crippen LogP contribution in [0.3, 0.4) is 0 Å². The highest BCUT2D eigenvalue weighted by Gasteiger charge is 2.29. The van der Waals surface area contributed by atoms with Gasteiger partial charge in [0.15, 0.2) is 5.78 Å². The summed E-state index contributed by atoms with van der Waals surface area (Å²) < 4.78 is 1.67. The zero-order valence-corrected chi connectivity index (χ0v) is 36.2. The summed E-state index contributed by atoms with van der Waals surface area (Å²) >= 11 is 28.6. The molecule has 11 rings (SSSR count). The Kier molecular flexibility index (Phi) is 9.49. The number of carbonyl (C=O) groups excluding carboxylic acids is 1. The summed E-state index contributed by atoms with van der Waals surface area (Å²) in [5, 5.41) is 12.5. The zero-order chi connectivity index (χ0) is 41.8. The topological polar surface area (TPSA) is 51.4 Å². The molecule has 11 aromatic rings. The van der Waals surface area contributed by atoms with E-state index in [1.807, 2.05) is 69.3 Å². The third-order valence-electron chi connectivity index (χ3n) is 11.6. The first kappa shape index (κ1) is 39.0. The van der Waals surface area contributed by atoms with Gasteiger partial charge in [0.1, 0.15) is 5.65 Å². The second kappa shape index (κ2) is 14.4. The van der Waals surface area contributed by atoms with Crippen LogP contribution < -0.4 is 5.56 Å². The van der Waals surface area contributed by atoms with Crippen LogP contribution >= 0.6 is 46.4 Å². The van der Waals surface area contributed by atoms with Crippen LogP contribution in [0.5, 0.6) is 0 Å². The van der Waals surface area contributed by atoms with Gasteiger partial charge in [-0.1, -0.05) is 139 Å². The van der Waals surface area contributed by atoms with Gasteiger partial charge in [-0.25, -0.2) is 4.98 Å². The van der Waals surface area contributed by atoms with E-state index in [0.717, 1.165) is 27.4 Å². The molecule has 0 amide bonds. The molecule has 59 heavy (non-hydrogen) atoms. The van der Waals surface area contributed by atoms with E-state index in [1.165, 1.54) is 28.8 Å². The van der Waals surface area contributed by atoms with E-state index in [0.29, 0.717) is 90.7 Å². The van der Waals surface area contributed by atoms with Gasteiger partial charge in [-0.3, -0.25) is 14.0 Å². The lowest BCUT2D eigenvalue weighted by Gasteiger charge is -2.22. The molecule has 0 aliphatic carbocycles. The fourth-order valence-corrected chi connectivity index (χ4v) is 10.1. The lowest BCUT2D eigenvalue weighted by molar-refractivity contribution is 0.101. The van der Waals surface area contributed by atoms with E-state index < -0.39 is 0 Å². The molecule has 0 bridgehead atoms. The predicted octanol–water partition coefficient (Wildman–Crippen LogP) is 16.0. The Labute approximate surface area is 359 Å². The molecule has 9 aromatic carbocycles. The van der Waals surface area contributed by atoms with Gasteiger partial charge < -0.3 is 0 Å². The first-order valence-electron chi connectivity index (χ1n) is 19.4. The number of fused-ring (bicyclic) bond motifs is 9. The van der Waals surface area contributed by atoms with E-state index in [1.54, 1.807) is 16.5 Å². The Hall–Kier alpha value is -5.49. The van der Waals surface area contributed by atoms with Gasteiger partial charge in [0.05, 0.1) is 16.4 Å². The molecule has 0 unspecified atom stereocenters. The lowest BCUT2D eigenvalue weighted by Crippen LogP contribution is -2.14. The maximum atomic E-state index is 14.5. The summed E-state index contributed by atoms with van der Waals surface area (Å²) in [7, 11) is 0. The fourth-order valence-electron chi connectivity index (χ4n) is 8.95. The average Bonchev–Trinajstić information content (AvgIpc) is 3.64. The van der Waals surface area contributed by atoms with Crippen molar-refractivity contribution in [3.8, 4) is 0 Å². The normalized spacial score (nSPS) is 11.8. The first-order valence-corrected chi connectivity index (χ1v) is 20.9. The minimum absolute atomic E-state index is 0.149. The van der Waals surface area contributed by atoms with Crippen LogP contribution in [0.4, 0.5) is 0 Å². The smallest absolute Gasteiger partial charge is 0.264 e. The molecule has 0 radical (unpaired) electrons. The molecule has 0 atom stereocenters. The number of pyridine rings is 1. The minimum atomic E-state index is -0.240. The van der Waals surface area contributed by atoms with Crippen molar-refractivity contribution in [3.05, 3.63) is 156 Å². The van der Waals surface area contributed by atoms with Crippen molar-refractivity contribution in [2.45, 2.75) is 41.5 Å². The SMILES string of the molecule is C=C(C)c1cc(Cl)c2c3c(Cl)cc4c5c(cc(Cl)c(c6c(Cl)cc(C(C)=O)c1c62)c35)c(=O)n1c4nc2ccc3ccccc3c21.CC.Cc1ccc2ccccc2c1C. The van der Waals surface area contributed by atoms with Crippen LogP contribution in [0.15, 0.2) is 108 Å². The number of allylic oxidation sites excluding steroid dienone is 1. The standard InChI is InChI=1S/C37H18Cl4N2O2.C12H12.C2H6/c1-14(2)18-10-22(38)29-31-24(40)12-20-28-21(37(45)43-35-17-7-5-4-6-16(17)8-9-26(35)42-36(20)43)13-25(41)32(34(28)31)30-23(39)11-19(15(3)44)27(18)33(29)30;1-9-7-8-11-5-3-4-6-12(11)10(9)2;1-2/h4-13H,1H2,2-3H3;3-8H,1-2H3;1-2H3. The number of benzene rings is 9. The van der Waals surface area contributed by atoms with Crippen LogP contribution in [-0.4, -0.2) is 15.2 Å². The lowest BCUT2D eigenvalue weighted by atomic mass is 9.83. The molecule has 4 nitrogen and oxygen atoms in total. The van der Waals surface area contributed by atoms with Crippen LogP contribution in [0.2, 0.25) is 20.1 Å². The Morgan fingerprint density at radius 2 is 1.08 bits per heavy atom. The zero-order valence-electron chi connectivity index (χ0n) is 33.2. The van der Waals surface area contributed by atoms with Crippen molar-refractivity contribution >= 4 is 150 Å². The van der Waals surface area contributed by atoms with Crippen LogP contribution in [0.1, 0.15) is 54.7 Å². The van der Waals surface area contributed by atoms with Gasteiger partial charge in [0.25, 0.3) is 5.56 Å². The molecular formula is C51H36Cl4N2O2. The maximum Gasteiger partial charge on any atom is 0.264 e. The van der Waals surface area contributed by atoms with Crippen LogP contribution in [-0.2, 0) is 0 Å². The molecule has 2 heterocycles. The summed E-state index contributed by atoms with van der Waals surface area (Å²) in [6.07, 6.45) is 0. The molecular weight excluding hydrogens is 814 g/mol. The summed E-state index contributed by atoms with van der Waals surface area (Å²) in [5.74, 6) is -0.149. The van der Waals surface area contributed by atoms with Crippen molar-refractivity contribution < 1.29 is 4.79 Å². The molecule has 0 N–H and O–H groups in total. The second-order valence-corrected chi connectivity index (χ2v) is 16.5. The largest absolute Gasteiger partial charge is 0.294 e. The summed E-state index contributed by atoms with van der Waals surface area (Å²) in [6, 6.07) is 31.8. The molecule has 0 fully saturated rings. The number of Topliss-reactive ketones (excluding diaryl/α,β-unsaturated/α-hetero) is 1.